The van der Waals surface area contributed by atoms with Crippen LogP contribution in [0.4, 0.5) is 5.69 Å². The van der Waals surface area contributed by atoms with E-state index in [1.54, 1.807) is 12.0 Å². The zero-order valence-electron chi connectivity index (χ0n) is 17.5. The molecule has 1 atom stereocenters. The molecule has 2 aromatic carbocycles. The smallest absolute Gasteiger partial charge is 0.229 e. The van der Waals surface area contributed by atoms with Crippen LogP contribution in [0.3, 0.4) is 0 Å². The molecular weight excluding hydrogens is 364 g/mol. The van der Waals surface area contributed by atoms with E-state index in [4.69, 9.17) is 4.74 Å². The summed E-state index contributed by atoms with van der Waals surface area (Å²) in [5.41, 5.74) is 4.35. The van der Waals surface area contributed by atoms with Crippen molar-refractivity contribution in [3.05, 3.63) is 59.2 Å². The van der Waals surface area contributed by atoms with Gasteiger partial charge in [-0.15, -0.1) is 0 Å². The number of likely N-dealkylation sites (tertiary alicyclic amines) is 1. The number of nitrogens with one attached hydrogen (secondary N) is 1. The molecule has 1 heterocycles. The van der Waals surface area contributed by atoms with Crippen molar-refractivity contribution in [1.29, 1.82) is 0 Å². The Balaban J connectivity index is 1.60. The van der Waals surface area contributed by atoms with Gasteiger partial charge in [0.2, 0.25) is 11.8 Å². The van der Waals surface area contributed by atoms with Crippen LogP contribution in [-0.4, -0.2) is 36.9 Å². The van der Waals surface area contributed by atoms with Crippen LogP contribution in [-0.2, 0) is 28.9 Å². The summed E-state index contributed by atoms with van der Waals surface area (Å²) in [4.78, 5) is 27.1. The Hall–Kier alpha value is -2.82. The second kappa shape index (κ2) is 9.59. The second-order valence-corrected chi connectivity index (χ2v) is 7.49. The molecule has 1 aliphatic heterocycles. The molecule has 0 saturated carbocycles. The topological polar surface area (TPSA) is 58.6 Å². The first-order valence-corrected chi connectivity index (χ1v) is 10.4. The van der Waals surface area contributed by atoms with E-state index < -0.39 is 0 Å². The van der Waals surface area contributed by atoms with Gasteiger partial charge in [-0.25, -0.2) is 0 Å². The third-order valence-corrected chi connectivity index (χ3v) is 5.66. The highest BCUT2D eigenvalue weighted by Gasteiger charge is 2.34. The van der Waals surface area contributed by atoms with E-state index in [9.17, 15) is 9.59 Å². The Labute approximate surface area is 173 Å². The summed E-state index contributed by atoms with van der Waals surface area (Å²) in [7, 11) is 1.64. The monoisotopic (exact) mass is 394 g/mol. The number of carbonyl (C=O) groups excluding carboxylic acids is 2. The Morgan fingerprint density at radius 3 is 2.34 bits per heavy atom. The van der Waals surface area contributed by atoms with Crippen LogP contribution in [0, 0.1) is 5.92 Å². The molecule has 1 aliphatic rings. The van der Waals surface area contributed by atoms with E-state index in [0.29, 0.717) is 13.1 Å². The van der Waals surface area contributed by atoms with Crippen LogP contribution in [0.25, 0.3) is 0 Å². The van der Waals surface area contributed by atoms with E-state index in [0.717, 1.165) is 47.4 Å². The van der Waals surface area contributed by atoms with Gasteiger partial charge in [0.1, 0.15) is 5.75 Å². The lowest BCUT2D eigenvalue weighted by molar-refractivity contribution is -0.128. The van der Waals surface area contributed by atoms with Crippen molar-refractivity contribution in [2.24, 2.45) is 5.92 Å². The Morgan fingerprint density at radius 2 is 1.76 bits per heavy atom. The number of benzene rings is 2. The van der Waals surface area contributed by atoms with Crippen LogP contribution in [0.5, 0.6) is 5.75 Å². The standard InChI is InChI=1S/C24H30N2O3/c1-4-18-7-6-8-19(5-2)23(18)25-24(28)20-15-22(27)26(16-20)14-13-17-9-11-21(29-3)12-10-17/h6-12,20H,4-5,13-16H2,1-3H3,(H,25,28). The zero-order chi connectivity index (χ0) is 20.8. The summed E-state index contributed by atoms with van der Waals surface area (Å²) in [5, 5.41) is 3.12. The number of aryl methyl sites for hydroxylation is 2. The molecule has 3 rings (SSSR count). The molecule has 154 valence electrons. The van der Waals surface area contributed by atoms with E-state index >= 15 is 0 Å². The van der Waals surface area contributed by atoms with Crippen molar-refractivity contribution in [1.82, 2.24) is 4.90 Å². The molecule has 5 heteroatoms. The number of carbonyl (C=O) groups is 2. The van der Waals surface area contributed by atoms with Crippen LogP contribution >= 0.6 is 0 Å². The van der Waals surface area contributed by atoms with Gasteiger partial charge < -0.3 is 15.0 Å². The zero-order valence-corrected chi connectivity index (χ0v) is 17.5. The van der Waals surface area contributed by atoms with E-state index in [-0.39, 0.29) is 24.2 Å². The van der Waals surface area contributed by atoms with Crippen LogP contribution in [0.1, 0.15) is 37.0 Å². The predicted molar refractivity (Wildman–Crippen MR) is 115 cm³/mol. The molecule has 2 aromatic rings. The Morgan fingerprint density at radius 1 is 1.10 bits per heavy atom. The van der Waals surface area contributed by atoms with Gasteiger partial charge in [0.15, 0.2) is 0 Å². The largest absolute Gasteiger partial charge is 0.497 e. The van der Waals surface area contributed by atoms with Crippen LogP contribution in [0.2, 0.25) is 0 Å². The normalized spacial score (nSPS) is 16.2. The number of methoxy groups -OCH3 is 1. The lowest BCUT2D eigenvalue weighted by Crippen LogP contribution is -2.30. The van der Waals surface area contributed by atoms with Gasteiger partial charge in [0.25, 0.3) is 0 Å². The Bertz CT molecular complexity index is 839. The van der Waals surface area contributed by atoms with E-state index in [1.807, 2.05) is 30.3 Å². The molecular formula is C24H30N2O3. The highest BCUT2D eigenvalue weighted by molar-refractivity contribution is 5.98. The van der Waals surface area contributed by atoms with E-state index in [1.165, 1.54) is 0 Å². The van der Waals surface area contributed by atoms with E-state index in [2.05, 4.69) is 31.3 Å². The van der Waals surface area contributed by atoms with Crippen LogP contribution in [0.15, 0.2) is 42.5 Å². The lowest BCUT2D eigenvalue weighted by Gasteiger charge is -2.18. The van der Waals surface area contributed by atoms with Gasteiger partial charge in [-0.1, -0.05) is 44.2 Å². The summed E-state index contributed by atoms with van der Waals surface area (Å²) in [5.74, 6) is 0.522. The maximum absolute atomic E-state index is 12.9. The molecule has 0 radical (unpaired) electrons. The molecule has 5 nitrogen and oxygen atoms in total. The van der Waals surface area contributed by atoms with Crippen molar-refractivity contribution in [3.63, 3.8) is 0 Å². The molecule has 1 fully saturated rings. The summed E-state index contributed by atoms with van der Waals surface area (Å²) in [6.07, 6.45) is 2.77. The fraction of sp³-hybridized carbons (Fsp3) is 0.417. The minimum absolute atomic E-state index is 0.0538. The summed E-state index contributed by atoms with van der Waals surface area (Å²) < 4.78 is 5.18. The molecule has 0 spiro atoms. The van der Waals surface area contributed by atoms with Crippen molar-refractivity contribution in [3.8, 4) is 5.75 Å². The van der Waals surface area contributed by atoms with Crippen molar-refractivity contribution in [2.45, 2.75) is 39.5 Å². The number of nitrogens with zero attached hydrogens (tertiary/aromatic N) is 1. The van der Waals surface area contributed by atoms with Crippen molar-refractivity contribution >= 4 is 17.5 Å². The molecule has 29 heavy (non-hydrogen) atoms. The number of anilines is 1. The van der Waals surface area contributed by atoms with Gasteiger partial charge in [-0.2, -0.15) is 0 Å². The fourth-order valence-electron chi connectivity index (χ4n) is 3.85. The summed E-state index contributed by atoms with van der Waals surface area (Å²) >= 11 is 0. The highest BCUT2D eigenvalue weighted by Crippen LogP contribution is 2.26. The molecule has 1 saturated heterocycles. The average Bonchev–Trinajstić information content (AvgIpc) is 3.13. The number of hydrogen-bond donors (Lipinski definition) is 1. The fourth-order valence-corrected chi connectivity index (χ4v) is 3.85. The van der Waals surface area contributed by atoms with Crippen molar-refractivity contribution < 1.29 is 14.3 Å². The molecule has 1 N–H and O–H groups in total. The number of amides is 2. The SMILES string of the molecule is CCc1cccc(CC)c1NC(=O)C1CC(=O)N(CCc2ccc(OC)cc2)C1. The highest BCUT2D eigenvalue weighted by atomic mass is 16.5. The predicted octanol–water partition coefficient (Wildman–Crippen LogP) is 3.85. The minimum atomic E-state index is -0.298. The molecule has 0 aromatic heterocycles. The average molecular weight is 395 g/mol. The molecule has 1 unspecified atom stereocenters. The third-order valence-electron chi connectivity index (χ3n) is 5.66. The number of hydrogen-bond acceptors (Lipinski definition) is 3. The maximum atomic E-state index is 12.9. The first-order valence-electron chi connectivity index (χ1n) is 10.4. The molecule has 0 bridgehead atoms. The first kappa shape index (κ1) is 20.9. The Kier molecular flexibility index (Phi) is 6.91. The van der Waals surface area contributed by atoms with Crippen LogP contribution < -0.4 is 10.1 Å². The minimum Gasteiger partial charge on any atom is -0.497 e. The number of para-hydroxylation sites is 1. The first-order chi connectivity index (χ1) is 14.0. The summed E-state index contributed by atoms with van der Waals surface area (Å²) in [6, 6.07) is 14.0. The van der Waals surface area contributed by atoms with Gasteiger partial charge in [-0.05, 0) is 48.1 Å². The van der Waals surface area contributed by atoms with Gasteiger partial charge in [0.05, 0.1) is 13.0 Å². The lowest BCUT2D eigenvalue weighted by atomic mass is 10.0. The molecule has 0 aliphatic carbocycles. The van der Waals surface area contributed by atoms with Crippen molar-refractivity contribution in [2.75, 3.05) is 25.5 Å². The second-order valence-electron chi connectivity index (χ2n) is 7.49. The summed E-state index contributed by atoms with van der Waals surface area (Å²) in [6.45, 7) is 5.28. The van der Waals surface area contributed by atoms with Gasteiger partial charge in [-0.3, -0.25) is 9.59 Å². The van der Waals surface area contributed by atoms with Gasteiger partial charge in [0, 0.05) is 25.2 Å². The van der Waals surface area contributed by atoms with Gasteiger partial charge >= 0.3 is 0 Å². The maximum Gasteiger partial charge on any atom is 0.229 e. The molecule has 2 amide bonds. The number of ether oxygens (including phenoxy) is 1. The quantitative estimate of drug-likeness (QED) is 0.740. The number of rotatable bonds is 8. The third kappa shape index (κ3) is 4.97.